The summed E-state index contributed by atoms with van der Waals surface area (Å²) in [5, 5.41) is 13.0. The number of hydrogen-bond acceptors (Lipinski definition) is 4. The number of aliphatic hydroxyl groups excluding tert-OH is 1. The molecule has 2 atom stereocenters. The number of amides is 1. The first kappa shape index (κ1) is 39.8. The fourth-order valence-corrected chi connectivity index (χ4v) is 4.98. The van der Waals surface area contributed by atoms with E-state index in [0.29, 0.717) is 6.42 Å². The molecule has 0 saturated heterocycles. The van der Waals surface area contributed by atoms with Crippen molar-refractivity contribution in [2.24, 2.45) is 0 Å². The normalized spacial score (nSPS) is 14.5. The maximum Gasteiger partial charge on any atom is 0.267 e. The second-order valence-electron chi connectivity index (χ2n) is 10.7. The lowest BCUT2D eigenvalue weighted by Crippen LogP contribution is -2.46. The monoisotopic (exact) mass is 605 g/mol. The molecule has 0 rings (SSSR count). The summed E-state index contributed by atoms with van der Waals surface area (Å²) in [5.74, 6) is -1.07. The minimum absolute atomic E-state index is 0.213. The second-order valence-corrected chi connectivity index (χ2v) is 12.2. The average molecular weight is 606 g/mol. The second kappa shape index (κ2) is 28.9. The lowest BCUT2D eigenvalue weighted by Gasteiger charge is -2.21. The van der Waals surface area contributed by atoms with Crippen molar-refractivity contribution >= 4 is 16.0 Å². The first-order chi connectivity index (χ1) is 20.3. The third-order valence-electron chi connectivity index (χ3n) is 6.64. The van der Waals surface area contributed by atoms with Crippen molar-refractivity contribution < 1.29 is 22.9 Å². The Morgan fingerprint density at radius 3 is 1.67 bits per heavy atom. The van der Waals surface area contributed by atoms with E-state index in [1.807, 2.05) is 12.2 Å². The summed E-state index contributed by atoms with van der Waals surface area (Å²) in [4.78, 5) is 12.4. The molecule has 2 unspecified atom stereocenters. The number of carbonyl (C=O) groups is 1. The molecule has 0 bridgehead atoms. The summed E-state index contributed by atoms with van der Waals surface area (Å²) in [6, 6.07) is -1.09. The average Bonchev–Trinajstić information content (AvgIpc) is 2.94. The number of nitrogens with one attached hydrogen (secondary N) is 1. The van der Waals surface area contributed by atoms with E-state index >= 15 is 0 Å². The van der Waals surface area contributed by atoms with E-state index in [0.717, 1.165) is 57.8 Å². The molecule has 0 spiro atoms. The van der Waals surface area contributed by atoms with Crippen LogP contribution in [0.3, 0.4) is 0 Å². The summed E-state index contributed by atoms with van der Waals surface area (Å²) < 4.78 is 32.2. The highest BCUT2D eigenvalue weighted by Gasteiger charge is 2.24. The smallest absolute Gasteiger partial charge is 0.267 e. The molecule has 0 aliphatic rings. The van der Waals surface area contributed by atoms with Crippen molar-refractivity contribution in [2.45, 2.75) is 135 Å². The van der Waals surface area contributed by atoms with Gasteiger partial charge in [-0.1, -0.05) is 132 Å². The minimum atomic E-state index is -4.35. The molecular formula is C35H59NO5S. The quantitative estimate of drug-likeness (QED) is 0.0493. The van der Waals surface area contributed by atoms with E-state index in [1.54, 1.807) is 0 Å². The molecule has 42 heavy (non-hydrogen) atoms. The Labute approximate surface area is 257 Å². The van der Waals surface area contributed by atoms with Gasteiger partial charge >= 0.3 is 0 Å². The molecule has 240 valence electrons. The molecule has 1 amide bonds. The molecular weight excluding hydrogens is 546 g/mol. The fraction of sp³-hybridized carbons (Fsp3) is 0.629. The Balaban J connectivity index is 4.20. The van der Waals surface area contributed by atoms with Crippen LogP contribution in [0, 0.1) is 0 Å². The van der Waals surface area contributed by atoms with Crippen LogP contribution in [0.5, 0.6) is 0 Å². The SMILES string of the molecule is CC/C=C\C/C=C\C/C=C\C/C=C\C/C=C\CCCC(=O)NC(CS(=O)(=O)O)C(O)/C=C/CCCCCCCCCC. The van der Waals surface area contributed by atoms with Gasteiger partial charge in [-0.3, -0.25) is 9.35 Å². The molecule has 0 aliphatic carbocycles. The van der Waals surface area contributed by atoms with Crippen LogP contribution in [0.15, 0.2) is 72.9 Å². The van der Waals surface area contributed by atoms with Crippen molar-refractivity contribution in [2.75, 3.05) is 5.75 Å². The van der Waals surface area contributed by atoms with Crippen molar-refractivity contribution in [1.82, 2.24) is 5.32 Å². The van der Waals surface area contributed by atoms with Crippen molar-refractivity contribution in [3.63, 3.8) is 0 Å². The molecule has 0 aromatic rings. The Morgan fingerprint density at radius 2 is 1.14 bits per heavy atom. The van der Waals surface area contributed by atoms with E-state index in [-0.39, 0.29) is 12.3 Å². The van der Waals surface area contributed by atoms with Crippen LogP contribution in [-0.2, 0) is 14.9 Å². The number of aliphatic hydroxyl groups is 1. The maximum absolute atomic E-state index is 12.4. The molecule has 6 nitrogen and oxygen atoms in total. The highest BCUT2D eigenvalue weighted by molar-refractivity contribution is 7.85. The third-order valence-corrected chi connectivity index (χ3v) is 7.42. The van der Waals surface area contributed by atoms with Gasteiger partial charge in [0.15, 0.2) is 0 Å². The van der Waals surface area contributed by atoms with Gasteiger partial charge < -0.3 is 10.4 Å². The molecule has 3 N–H and O–H groups in total. The van der Waals surface area contributed by atoms with Gasteiger partial charge in [0, 0.05) is 6.42 Å². The molecule has 0 aliphatic heterocycles. The van der Waals surface area contributed by atoms with Gasteiger partial charge in [-0.05, 0) is 57.8 Å². The van der Waals surface area contributed by atoms with Crippen molar-refractivity contribution in [3.8, 4) is 0 Å². The van der Waals surface area contributed by atoms with E-state index in [1.165, 1.54) is 44.6 Å². The number of carbonyl (C=O) groups excluding carboxylic acids is 1. The Hall–Kier alpha value is -2.22. The number of allylic oxidation sites excluding steroid dienone is 11. The van der Waals surface area contributed by atoms with Gasteiger partial charge in [0.1, 0.15) is 0 Å². The van der Waals surface area contributed by atoms with E-state index in [4.69, 9.17) is 0 Å². The first-order valence-corrected chi connectivity index (χ1v) is 17.7. The first-order valence-electron chi connectivity index (χ1n) is 16.1. The van der Waals surface area contributed by atoms with E-state index in [2.05, 4.69) is 73.8 Å². The van der Waals surface area contributed by atoms with Crippen LogP contribution < -0.4 is 5.32 Å². The standard InChI is InChI=1S/C35H59NO5S/c1-3-5-7-9-11-13-15-16-17-18-19-20-21-23-25-27-29-31-35(38)36-33(32-42(39,40)41)34(37)30-28-26-24-22-14-12-10-8-6-4-2/h5,7,11,13,16-17,19-20,23,25,28,30,33-34,37H,3-4,6,8-10,12,14-15,18,21-22,24,26-27,29,31-32H2,1-2H3,(H,36,38)(H,39,40,41)/b7-5-,13-11-,17-16-,20-19-,25-23-,30-28+. The molecule has 0 radical (unpaired) electrons. The fourth-order valence-electron chi connectivity index (χ4n) is 4.25. The molecule has 0 heterocycles. The van der Waals surface area contributed by atoms with Crippen LogP contribution in [0.25, 0.3) is 0 Å². The van der Waals surface area contributed by atoms with Gasteiger partial charge in [-0.15, -0.1) is 0 Å². The summed E-state index contributed by atoms with van der Waals surface area (Å²) in [5.41, 5.74) is 0. The van der Waals surface area contributed by atoms with E-state index < -0.39 is 28.0 Å². The molecule has 0 aromatic carbocycles. The predicted molar refractivity (Wildman–Crippen MR) is 179 cm³/mol. The van der Waals surface area contributed by atoms with Crippen LogP contribution >= 0.6 is 0 Å². The van der Waals surface area contributed by atoms with Crippen LogP contribution in [0.2, 0.25) is 0 Å². The minimum Gasteiger partial charge on any atom is -0.387 e. The Bertz CT molecular complexity index is 931. The van der Waals surface area contributed by atoms with Gasteiger partial charge in [-0.2, -0.15) is 8.42 Å². The number of unbranched alkanes of at least 4 members (excludes halogenated alkanes) is 9. The summed E-state index contributed by atoms with van der Waals surface area (Å²) in [6.45, 7) is 4.34. The van der Waals surface area contributed by atoms with Crippen LogP contribution in [0.4, 0.5) is 0 Å². The largest absolute Gasteiger partial charge is 0.387 e. The zero-order chi connectivity index (χ0) is 31.2. The van der Waals surface area contributed by atoms with Crippen molar-refractivity contribution in [1.29, 1.82) is 0 Å². The lowest BCUT2D eigenvalue weighted by atomic mass is 10.1. The van der Waals surface area contributed by atoms with Gasteiger partial charge in [-0.25, -0.2) is 0 Å². The summed E-state index contributed by atoms with van der Waals surface area (Å²) in [7, 11) is -4.35. The van der Waals surface area contributed by atoms with Gasteiger partial charge in [0.25, 0.3) is 10.1 Å². The molecule has 7 heteroatoms. The molecule has 0 saturated carbocycles. The third kappa shape index (κ3) is 29.3. The maximum atomic E-state index is 12.4. The zero-order valence-electron chi connectivity index (χ0n) is 26.3. The molecule has 0 aromatic heterocycles. The highest BCUT2D eigenvalue weighted by Crippen LogP contribution is 2.10. The topological polar surface area (TPSA) is 104 Å². The van der Waals surface area contributed by atoms with Crippen molar-refractivity contribution in [3.05, 3.63) is 72.9 Å². The Morgan fingerprint density at radius 1 is 0.667 bits per heavy atom. The van der Waals surface area contributed by atoms with E-state index in [9.17, 15) is 22.9 Å². The lowest BCUT2D eigenvalue weighted by molar-refractivity contribution is -0.122. The number of rotatable bonds is 27. The summed E-state index contributed by atoms with van der Waals surface area (Å²) >= 11 is 0. The van der Waals surface area contributed by atoms with Gasteiger partial charge in [0.2, 0.25) is 5.91 Å². The van der Waals surface area contributed by atoms with Crippen LogP contribution in [0.1, 0.15) is 123 Å². The zero-order valence-corrected chi connectivity index (χ0v) is 27.2. The molecule has 0 fully saturated rings. The summed E-state index contributed by atoms with van der Waals surface area (Å²) in [6.07, 6.45) is 40.3. The van der Waals surface area contributed by atoms with Gasteiger partial charge in [0.05, 0.1) is 17.9 Å². The predicted octanol–water partition coefficient (Wildman–Crippen LogP) is 8.73. The highest BCUT2D eigenvalue weighted by atomic mass is 32.2. The van der Waals surface area contributed by atoms with Crippen LogP contribution in [-0.4, -0.2) is 41.9 Å². The number of hydrogen-bond donors (Lipinski definition) is 3. The Kier molecular flexibility index (Phi) is 27.4.